The Balaban J connectivity index is 3.04. The molecule has 1 unspecified atom stereocenters. The summed E-state index contributed by atoms with van der Waals surface area (Å²) in [5.41, 5.74) is 0.173. The van der Waals surface area contributed by atoms with Gasteiger partial charge in [-0.2, -0.15) is 0 Å². The Morgan fingerprint density at radius 2 is 2.11 bits per heavy atom. The molecule has 0 saturated carbocycles. The Kier molecular flexibility index (Phi) is 6.15. The number of benzene rings is 1. The summed E-state index contributed by atoms with van der Waals surface area (Å²) in [6, 6.07) is 3.84. The third kappa shape index (κ3) is 4.13. The molecule has 0 aliphatic heterocycles. The van der Waals surface area contributed by atoms with Gasteiger partial charge in [0.15, 0.2) is 5.78 Å². The summed E-state index contributed by atoms with van der Waals surface area (Å²) in [5, 5.41) is 0. The van der Waals surface area contributed by atoms with Gasteiger partial charge in [-0.1, -0.05) is 35.7 Å². The molecule has 19 heavy (non-hydrogen) atoms. The fourth-order valence-electron chi connectivity index (χ4n) is 1.78. The second-order valence-corrected chi connectivity index (χ2v) is 5.06. The van der Waals surface area contributed by atoms with E-state index in [-0.39, 0.29) is 5.56 Å². The minimum atomic E-state index is -0.872. The van der Waals surface area contributed by atoms with Crippen LogP contribution in [0.5, 0.6) is 0 Å². The normalized spacial score (nSPS) is 12.0. The average Bonchev–Trinajstić information content (AvgIpc) is 2.41. The largest absolute Gasteiger partial charge is 0.468 e. The molecule has 0 aliphatic rings. The van der Waals surface area contributed by atoms with Crippen molar-refractivity contribution in [2.75, 3.05) is 7.11 Å². The molecule has 5 heteroatoms. The number of halogens is 2. The van der Waals surface area contributed by atoms with E-state index in [9.17, 15) is 14.0 Å². The van der Waals surface area contributed by atoms with Crippen molar-refractivity contribution in [2.24, 2.45) is 5.92 Å². The highest BCUT2D eigenvalue weighted by Gasteiger charge is 2.29. The molecule has 1 aromatic rings. The van der Waals surface area contributed by atoms with E-state index in [4.69, 9.17) is 0 Å². The van der Waals surface area contributed by atoms with Crippen molar-refractivity contribution in [2.45, 2.75) is 26.2 Å². The van der Waals surface area contributed by atoms with Gasteiger partial charge in [0.25, 0.3) is 0 Å². The summed E-state index contributed by atoms with van der Waals surface area (Å²) < 4.78 is 18.3. The summed E-state index contributed by atoms with van der Waals surface area (Å²) in [6.07, 6.45) is 2.01. The van der Waals surface area contributed by atoms with Gasteiger partial charge in [-0.05, 0) is 24.6 Å². The van der Waals surface area contributed by atoms with E-state index >= 15 is 0 Å². The van der Waals surface area contributed by atoms with Gasteiger partial charge in [0.2, 0.25) is 0 Å². The summed E-state index contributed by atoms with van der Waals surface area (Å²) in [4.78, 5) is 24.0. The first kappa shape index (κ1) is 15.8. The van der Waals surface area contributed by atoms with Gasteiger partial charge in [0.1, 0.15) is 11.7 Å². The predicted molar refractivity (Wildman–Crippen MR) is 73.5 cm³/mol. The Labute approximate surface area is 120 Å². The molecular weight excluding hydrogens is 315 g/mol. The SMILES string of the molecule is CCCCC(C(=O)OC)C(=O)c1cc(F)ccc1Br. The van der Waals surface area contributed by atoms with E-state index < -0.39 is 23.5 Å². The highest BCUT2D eigenvalue weighted by molar-refractivity contribution is 9.10. The Bertz CT molecular complexity index is 474. The summed E-state index contributed by atoms with van der Waals surface area (Å²) >= 11 is 3.20. The molecule has 0 heterocycles. The maximum atomic E-state index is 13.2. The Morgan fingerprint density at radius 3 is 2.68 bits per heavy atom. The number of esters is 1. The molecular formula is C14H16BrFO3. The van der Waals surface area contributed by atoms with Crippen molar-refractivity contribution in [1.82, 2.24) is 0 Å². The van der Waals surface area contributed by atoms with Gasteiger partial charge < -0.3 is 4.74 Å². The van der Waals surface area contributed by atoms with Crippen LogP contribution in [0.4, 0.5) is 4.39 Å². The molecule has 0 saturated heterocycles. The first-order valence-electron chi connectivity index (χ1n) is 6.08. The van der Waals surface area contributed by atoms with E-state index in [0.717, 1.165) is 18.9 Å². The summed E-state index contributed by atoms with van der Waals surface area (Å²) in [6.45, 7) is 1.97. The first-order chi connectivity index (χ1) is 9.01. The number of rotatable bonds is 6. The van der Waals surface area contributed by atoms with Crippen molar-refractivity contribution in [3.05, 3.63) is 34.1 Å². The van der Waals surface area contributed by atoms with Gasteiger partial charge in [-0.15, -0.1) is 0 Å². The van der Waals surface area contributed by atoms with E-state index in [0.29, 0.717) is 10.9 Å². The highest BCUT2D eigenvalue weighted by Crippen LogP contribution is 2.24. The Morgan fingerprint density at radius 1 is 1.42 bits per heavy atom. The predicted octanol–water partition coefficient (Wildman–Crippen LogP) is 3.75. The molecule has 3 nitrogen and oxygen atoms in total. The fourth-order valence-corrected chi connectivity index (χ4v) is 2.22. The number of Topliss-reactive ketones (excluding diaryl/α,β-unsaturated/α-hetero) is 1. The number of carbonyl (C=O) groups excluding carboxylic acids is 2. The highest BCUT2D eigenvalue weighted by atomic mass is 79.9. The first-order valence-corrected chi connectivity index (χ1v) is 6.87. The topological polar surface area (TPSA) is 43.4 Å². The third-order valence-electron chi connectivity index (χ3n) is 2.84. The zero-order valence-corrected chi connectivity index (χ0v) is 12.5. The van der Waals surface area contributed by atoms with Crippen molar-refractivity contribution in [1.29, 1.82) is 0 Å². The molecule has 0 radical (unpaired) electrons. The molecule has 1 aromatic carbocycles. The van der Waals surface area contributed by atoms with Crippen LogP contribution < -0.4 is 0 Å². The minimum Gasteiger partial charge on any atom is -0.468 e. The van der Waals surface area contributed by atoms with E-state index in [1.165, 1.54) is 19.2 Å². The zero-order valence-electron chi connectivity index (χ0n) is 10.9. The molecule has 0 aromatic heterocycles. The van der Waals surface area contributed by atoms with Crippen molar-refractivity contribution in [3.63, 3.8) is 0 Å². The van der Waals surface area contributed by atoms with Crippen LogP contribution in [-0.4, -0.2) is 18.9 Å². The molecule has 104 valence electrons. The number of ether oxygens (including phenoxy) is 1. The lowest BCUT2D eigenvalue weighted by molar-refractivity contribution is -0.143. The average molecular weight is 331 g/mol. The molecule has 0 bridgehead atoms. The number of hydrogen-bond acceptors (Lipinski definition) is 3. The van der Waals surface area contributed by atoms with Gasteiger partial charge >= 0.3 is 5.97 Å². The van der Waals surface area contributed by atoms with Crippen LogP contribution in [0.15, 0.2) is 22.7 Å². The monoisotopic (exact) mass is 330 g/mol. The molecule has 0 N–H and O–H groups in total. The lowest BCUT2D eigenvalue weighted by atomic mass is 9.92. The van der Waals surface area contributed by atoms with E-state index in [2.05, 4.69) is 20.7 Å². The smallest absolute Gasteiger partial charge is 0.316 e. The number of carbonyl (C=O) groups is 2. The third-order valence-corrected chi connectivity index (χ3v) is 3.53. The zero-order chi connectivity index (χ0) is 14.4. The number of methoxy groups -OCH3 is 1. The summed E-state index contributed by atoms with van der Waals surface area (Å²) in [5.74, 6) is -2.37. The maximum Gasteiger partial charge on any atom is 0.316 e. The molecule has 0 fully saturated rings. The van der Waals surface area contributed by atoms with Gasteiger partial charge in [0, 0.05) is 10.0 Å². The van der Waals surface area contributed by atoms with Crippen LogP contribution >= 0.6 is 15.9 Å². The number of unbranched alkanes of at least 4 members (excludes halogenated alkanes) is 1. The molecule has 0 aliphatic carbocycles. The fraction of sp³-hybridized carbons (Fsp3) is 0.429. The van der Waals surface area contributed by atoms with Crippen LogP contribution in [-0.2, 0) is 9.53 Å². The minimum absolute atomic E-state index is 0.173. The second-order valence-electron chi connectivity index (χ2n) is 4.21. The quantitative estimate of drug-likeness (QED) is 0.453. The van der Waals surface area contributed by atoms with Gasteiger partial charge in [0.05, 0.1) is 7.11 Å². The lowest BCUT2D eigenvalue weighted by Gasteiger charge is -2.14. The molecule has 0 spiro atoms. The summed E-state index contributed by atoms with van der Waals surface area (Å²) in [7, 11) is 1.25. The van der Waals surface area contributed by atoms with Crippen molar-refractivity contribution in [3.8, 4) is 0 Å². The Hall–Kier alpha value is -1.23. The van der Waals surface area contributed by atoms with Crippen LogP contribution in [0.1, 0.15) is 36.5 Å². The van der Waals surface area contributed by atoms with Crippen LogP contribution in [0.25, 0.3) is 0 Å². The molecule has 1 rings (SSSR count). The number of ketones is 1. The van der Waals surface area contributed by atoms with Crippen LogP contribution in [0.2, 0.25) is 0 Å². The van der Waals surface area contributed by atoms with Crippen LogP contribution in [0.3, 0.4) is 0 Å². The van der Waals surface area contributed by atoms with Gasteiger partial charge in [-0.3, -0.25) is 9.59 Å². The molecule has 1 atom stereocenters. The lowest BCUT2D eigenvalue weighted by Crippen LogP contribution is -2.26. The second kappa shape index (κ2) is 7.38. The maximum absolute atomic E-state index is 13.2. The van der Waals surface area contributed by atoms with E-state index in [1.54, 1.807) is 0 Å². The molecule has 0 amide bonds. The van der Waals surface area contributed by atoms with Gasteiger partial charge in [-0.25, -0.2) is 4.39 Å². The van der Waals surface area contributed by atoms with Crippen LogP contribution in [0, 0.1) is 11.7 Å². The van der Waals surface area contributed by atoms with E-state index in [1.807, 2.05) is 6.92 Å². The van der Waals surface area contributed by atoms with Crippen molar-refractivity contribution >= 4 is 27.7 Å². The van der Waals surface area contributed by atoms with Crippen molar-refractivity contribution < 1.29 is 18.7 Å². The standard InChI is InChI=1S/C14H16BrFO3/c1-3-4-5-10(14(18)19-2)13(17)11-8-9(16)6-7-12(11)15/h6-8,10H,3-5H2,1-2H3. The number of hydrogen-bond donors (Lipinski definition) is 0.